The Bertz CT molecular complexity index is 299. The summed E-state index contributed by atoms with van der Waals surface area (Å²) in [5.74, 6) is 0.634. The number of carbonyl (C=O) groups is 1. The lowest BCUT2D eigenvalue weighted by Gasteiger charge is -2.03. The highest BCUT2D eigenvalue weighted by atomic mass is 32.1. The Morgan fingerprint density at radius 3 is 2.92 bits per heavy atom. The average Bonchev–Trinajstić information content (AvgIpc) is 2.14. The van der Waals surface area contributed by atoms with E-state index in [1.807, 2.05) is 25.1 Å². The zero-order chi connectivity index (χ0) is 9.68. The van der Waals surface area contributed by atoms with E-state index in [0.717, 1.165) is 5.56 Å². The van der Waals surface area contributed by atoms with Gasteiger partial charge in [-0.1, -0.05) is 17.7 Å². The second-order valence-electron chi connectivity index (χ2n) is 2.85. The van der Waals surface area contributed by atoms with Crippen LogP contribution in [0.2, 0.25) is 0 Å². The van der Waals surface area contributed by atoms with Crippen LogP contribution in [0.3, 0.4) is 0 Å². The predicted octanol–water partition coefficient (Wildman–Crippen LogP) is 1.65. The molecular formula is C10H13NOS. The summed E-state index contributed by atoms with van der Waals surface area (Å²) in [5, 5.41) is 2.76. The van der Waals surface area contributed by atoms with Crippen LogP contribution in [0.4, 0.5) is 0 Å². The van der Waals surface area contributed by atoms with Crippen LogP contribution in [0.15, 0.2) is 24.3 Å². The minimum absolute atomic E-state index is 0.0299. The van der Waals surface area contributed by atoms with Gasteiger partial charge in [0.2, 0.25) is 0 Å². The molecule has 1 rings (SSSR count). The largest absolute Gasteiger partial charge is 0.351 e. The van der Waals surface area contributed by atoms with E-state index < -0.39 is 0 Å². The van der Waals surface area contributed by atoms with Crippen molar-refractivity contribution in [3.8, 4) is 0 Å². The summed E-state index contributed by atoms with van der Waals surface area (Å²) in [6, 6.07) is 7.52. The smallest absolute Gasteiger partial charge is 0.251 e. The first kappa shape index (κ1) is 10.1. The summed E-state index contributed by atoms with van der Waals surface area (Å²) in [6.07, 6.45) is 0. The van der Waals surface area contributed by atoms with Gasteiger partial charge in [0, 0.05) is 17.9 Å². The summed E-state index contributed by atoms with van der Waals surface area (Å²) in [7, 11) is 0. The molecule has 3 heteroatoms. The number of amides is 1. The number of thiol groups is 1. The van der Waals surface area contributed by atoms with Gasteiger partial charge in [-0.15, -0.1) is 0 Å². The summed E-state index contributed by atoms with van der Waals surface area (Å²) >= 11 is 4.01. The molecule has 0 bridgehead atoms. The number of nitrogens with one attached hydrogen (secondary N) is 1. The molecule has 0 aliphatic rings. The standard InChI is InChI=1S/C10H13NOS/c1-8-3-2-4-9(7-8)10(12)11-5-6-13/h2-4,7,13H,5-6H2,1H3,(H,11,12). The maximum Gasteiger partial charge on any atom is 0.251 e. The van der Waals surface area contributed by atoms with Crippen molar-refractivity contribution in [3.05, 3.63) is 35.4 Å². The number of benzene rings is 1. The van der Waals surface area contributed by atoms with E-state index in [1.165, 1.54) is 0 Å². The SMILES string of the molecule is Cc1cccc(C(=O)NCCS)c1. The Balaban J connectivity index is 2.66. The molecule has 1 aromatic rings. The molecule has 0 radical (unpaired) electrons. The Morgan fingerprint density at radius 1 is 1.54 bits per heavy atom. The minimum Gasteiger partial charge on any atom is -0.351 e. The molecule has 0 atom stereocenters. The number of hydrogen-bond donors (Lipinski definition) is 2. The fourth-order valence-corrected chi connectivity index (χ4v) is 1.17. The maximum atomic E-state index is 11.4. The van der Waals surface area contributed by atoms with Crippen molar-refractivity contribution in [2.45, 2.75) is 6.92 Å². The third-order valence-electron chi connectivity index (χ3n) is 1.68. The molecule has 1 N–H and O–H groups in total. The molecule has 0 unspecified atom stereocenters. The number of aryl methyl sites for hydroxylation is 1. The molecule has 0 saturated carbocycles. The van der Waals surface area contributed by atoms with Crippen molar-refractivity contribution in [2.75, 3.05) is 12.3 Å². The van der Waals surface area contributed by atoms with Crippen LogP contribution in [0.5, 0.6) is 0 Å². The van der Waals surface area contributed by atoms with Crippen LogP contribution in [0.1, 0.15) is 15.9 Å². The molecule has 0 spiro atoms. The zero-order valence-corrected chi connectivity index (χ0v) is 8.47. The third kappa shape index (κ3) is 3.11. The van der Waals surface area contributed by atoms with Gasteiger partial charge in [-0.05, 0) is 19.1 Å². The molecule has 0 fully saturated rings. The fraction of sp³-hybridized carbons (Fsp3) is 0.300. The summed E-state index contributed by atoms with van der Waals surface area (Å²) in [4.78, 5) is 11.4. The van der Waals surface area contributed by atoms with E-state index in [9.17, 15) is 4.79 Å². The van der Waals surface area contributed by atoms with E-state index in [0.29, 0.717) is 17.9 Å². The van der Waals surface area contributed by atoms with Gasteiger partial charge in [-0.3, -0.25) is 4.79 Å². The van der Waals surface area contributed by atoms with Crippen LogP contribution >= 0.6 is 12.6 Å². The third-order valence-corrected chi connectivity index (χ3v) is 1.90. The molecule has 0 aliphatic heterocycles. The van der Waals surface area contributed by atoms with Crippen LogP contribution in [-0.4, -0.2) is 18.2 Å². The van der Waals surface area contributed by atoms with Crippen LogP contribution in [0, 0.1) is 6.92 Å². The fourth-order valence-electron chi connectivity index (χ4n) is 1.06. The normalized spacial score (nSPS) is 9.69. The molecule has 1 amide bonds. The number of hydrogen-bond acceptors (Lipinski definition) is 2. The second-order valence-corrected chi connectivity index (χ2v) is 3.30. The monoisotopic (exact) mass is 195 g/mol. The molecule has 0 aliphatic carbocycles. The Labute approximate surface area is 83.8 Å². The first-order valence-corrected chi connectivity index (χ1v) is 4.83. The Morgan fingerprint density at radius 2 is 2.31 bits per heavy atom. The van der Waals surface area contributed by atoms with Gasteiger partial charge in [-0.25, -0.2) is 0 Å². The lowest BCUT2D eigenvalue weighted by molar-refractivity contribution is 0.0956. The van der Waals surface area contributed by atoms with Gasteiger partial charge in [0.25, 0.3) is 5.91 Å². The van der Waals surface area contributed by atoms with Crippen molar-refractivity contribution in [1.29, 1.82) is 0 Å². The number of rotatable bonds is 3. The maximum absolute atomic E-state index is 11.4. The predicted molar refractivity (Wildman–Crippen MR) is 57.4 cm³/mol. The summed E-state index contributed by atoms with van der Waals surface area (Å²) in [5.41, 5.74) is 1.81. The van der Waals surface area contributed by atoms with Crippen LogP contribution in [-0.2, 0) is 0 Å². The van der Waals surface area contributed by atoms with Crippen molar-refractivity contribution in [3.63, 3.8) is 0 Å². The first-order chi connectivity index (χ1) is 6.24. The second kappa shape index (κ2) is 4.92. The van der Waals surface area contributed by atoms with Crippen molar-refractivity contribution >= 4 is 18.5 Å². The van der Waals surface area contributed by atoms with Gasteiger partial charge in [-0.2, -0.15) is 12.6 Å². The van der Waals surface area contributed by atoms with Gasteiger partial charge in [0.05, 0.1) is 0 Å². The molecule has 0 aromatic heterocycles. The molecule has 70 valence electrons. The van der Waals surface area contributed by atoms with E-state index >= 15 is 0 Å². The van der Waals surface area contributed by atoms with Crippen molar-refractivity contribution in [2.24, 2.45) is 0 Å². The summed E-state index contributed by atoms with van der Waals surface area (Å²) in [6.45, 7) is 2.57. The molecule has 0 heterocycles. The highest BCUT2D eigenvalue weighted by Crippen LogP contribution is 2.03. The van der Waals surface area contributed by atoms with E-state index in [2.05, 4.69) is 17.9 Å². The number of carbonyl (C=O) groups excluding carboxylic acids is 1. The molecule has 2 nitrogen and oxygen atoms in total. The Hall–Kier alpha value is -0.960. The quantitative estimate of drug-likeness (QED) is 0.706. The van der Waals surface area contributed by atoms with Gasteiger partial charge in [0.1, 0.15) is 0 Å². The summed E-state index contributed by atoms with van der Waals surface area (Å²) < 4.78 is 0. The Kier molecular flexibility index (Phi) is 3.83. The highest BCUT2D eigenvalue weighted by Gasteiger charge is 2.02. The van der Waals surface area contributed by atoms with Gasteiger partial charge < -0.3 is 5.32 Å². The van der Waals surface area contributed by atoms with E-state index in [4.69, 9.17) is 0 Å². The van der Waals surface area contributed by atoms with E-state index in [1.54, 1.807) is 6.07 Å². The van der Waals surface area contributed by atoms with Crippen molar-refractivity contribution < 1.29 is 4.79 Å². The van der Waals surface area contributed by atoms with Gasteiger partial charge >= 0.3 is 0 Å². The van der Waals surface area contributed by atoms with E-state index in [-0.39, 0.29) is 5.91 Å². The van der Waals surface area contributed by atoms with Crippen molar-refractivity contribution in [1.82, 2.24) is 5.32 Å². The highest BCUT2D eigenvalue weighted by molar-refractivity contribution is 7.80. The lowest BCUT2D eigenvalue weighted by atomic mass is 10.1. The molecule has 13 heavy (non-hydrogen) atoms. The molecular weight excluding hydrogens is 182 g/mol. The minimum atomic E-state index is -0.0299. The first-order valence-electron chi connectivity index (χ1n) is 4.20. The molecule has 1 aromatic carbocycles. The zero-order valence-electron chi connectivity index (χ0n) is 7.58. The topological polar surface area (TPSA) is 29.1 Å². The van der Waals surface area contributed by atoms with Gasteiger partial charge in [0.15, 0.2) is 0 Å². The van der Waals surface area contributed by atoms with Crippen LogP contribution in [0.25, 0.3) is 0 Å². The van der Waals surface area contributed by atoms with Crippen LogP contribution < -0.4 is 5.32 Å². The average molecular weight is 195 g/mol. The lowest BCUT2D eigenvalue weighted by Crippen LogP contribution is -2.25. The molecule has 0 saturated heterocycles.